The smallest absolute Gasteiger partial charge is 0.0627 e. The molecule has 80 valence electrons. The van der Waals surface area contributed by atoms with Crippen molar-refractivity contribution in [2.75, 3.05) is 0 Å². The molecule has 1 aromatic heterocycles. The SMILES string of the molecule is CC(Br)C(C)Cc1ccn(C(C)C)n1. The molecule has 2 unspecified atom stereocenters. The fourth-order valence-electron chi connectivity index (χ4n) is 1.27. The Morgan fingerprint density at radius 3 is 2.43 bits per heavy atom. The van der Waals surface area contributed by atoms with Crippen LogP contribution in [-0.4, -0.2) is 14.6 Å². The second-order valence-electron chi connectivity index (χ2n) is 4.24. The maximum absolute atomic E-state index is 4.53. The Labute approximate surface area is 94.8 Å². The van der Waals surface area contributed by atoms with Crippen LogP contribution in [0, 0.1) is 5.92 Å². The van der Waals surface area contributed by atoms with Gasteiger partial charge in [-0.2, -0.15) is 5.10 Å². The van der Waals surface area contributed by atoms with E-state index in [1.807, 2.05) is 4.68 Å². The van der Waals surface area contributed by atoms with E-state index in [0.717, 1.165) is 6.42 Å². The predicted molar refractivity (Wildman–Crippen MR) is 63.9 cm³/mol. The van der Waals surface area contributed by atoms with Crippen molar-refractivity contribution in [3.8, 4) is 0 Å². The second-order valence-corrected chi connectivity index (χ2v) is 5.68. The zero-order valence-corrected chi connectivity index (χ0v) is 11.0. The molecule has 2 nitrogen and oxygen atoms in total. The number of hydrogen-bond acceptors (Lipinski definition) is 1. The third-order valence-corrected chi connectivity index (χ3v) is 3.41. The summed E-state index contributed by atoms with van der Waals surface area (Å²) in [6.07, 6.45) is 3.11. The topological polar surface area (TPSA) is 17.8 Å². The van der Waals surface area contributed by atoms with Crippen molar-refractivity contribution in [3.63, 3.8) is 0 Å². The Morgan fingerprint density at radius 2 is 2.00 bits per heavy atom. The van der Waals surface area contributed by atoms with Crippen LogP contribution in [-0.2, 0) is 6.42 Å². The summed E-state index contributed by atoms with van der Waals surface area (Å²) in [6.45, 7) is 8.72. The Bertz CT molecular complexity index is 279. The van der Waals surface area contributed by atoms with Crippen molar-refractivity contribution >= 4 is 15.9 Å². The van der Waals surface area contributed by atoms with E-state index in [2.05, 4.69) is 61.0 Å². The van der Waals surface area contributed by atoms with E-state index >= 15 is 0 Å². The van der Waals surface area contributed by atoms with Crippen LogP contribution in [0.3, 0.4) is 0 Å². The van der Waals surface area contributed by atoms with Gasteiger partial charge in [-0.15, -0.1) is 0 Å². The Balaban J connectivity index is 2.60. The molecule has 0 saturated heterocycles. The normalized spacial score (nSPS) is 15.9. The summed E-state index contributed by atoms with van der Waals surface area (Å²) in [5.74, 6) is 0.630. The number of halogens is 1. The maximum atomic E-state index is 4.53. The van der Waals surface area contributed by atoms with Crippen LogP contribution in [0.1, 0.15) is 39.4 Å². The summed E-state index contributed by atoms with van der Waals surface area (Å²) in [7, 11) is 0. The lowest BCUT2D eigenvalue weighted by atomic mass is 10.0. The number of nitrogens with zero attached hydrogens (tertiary/aromatic N) is 2. The van der Waals surface area contributed by atoms with Gasteiger partial charge in [0, 0.05) is 17.1 Å². The molecular formula is C11H19BrN2. The summed E-state index contributed by atoms with van der Waals surface area (Å²) in [5, 5.41) is 4.53. The molecule has 1 heterocycles. The molecule has 0 amide bonds. The van der Waals surface area contributed by atoms with Gasteiger partial charge >= 0.3 is 0 Å². The maximum Gasteiger partial charge on any atom is 0.0627 e. The molecule has 0 N–H and O–H groups in total. The summed E-state index contributed by atoms with van der Waals surface area (Å²) in [6, 6.07) is 2.58. The number of alkyl halides is 1. The van der Waals surface area contributed by atoms with Gasteiger partial charge in [0.2, 0.25) is 0 Å². The van der Waals surface area contributed by atoms with E-state index in [4.69, 9.17) is 0 Å². The molecule has 0 aliphatic rings. The van der Waals surface area contributed by atoms with Crippen molar-refractivity contribution in [1.82, 2.24) is 9.78 Å². The minimum absolute atomic E-state index is 0.459. The van der Waals surface area contributed by atoms with Crippen molar-refractivity contribution in [1.29, 1.82) is 0 Å². The largest absolute Gasteiger partial charge is 0.270 e. The zero-order valence-electron chi connectivity index (χ0n) is 9.37. The van der Waals surface area contributed by atoms with Gasteiger partial charge in [0.15, 0.2) is 0 Å². The summed E-state index contributed by atoms with van der Waals surface area (Å²) >= 11 is 3.60. The van der Waals surface area contributed by atoms with E-state index in [0.29, 0.717) is 16.8 Å². The Hall–Kier alpha value is -0.310. The van der Waals surface area contributed by atoms with Gasteiger partial charge in [0.05, 0.1) is 5.69 Å². The third-order valence-electron chi connectivity index (χ3n) is 2.51. The summed E-state index contributed by atoms with van der Waals surface area (Å²) in [4.78, 5) is 0.548. The molecular weight excluding hydrogens is 240 g/mol. The molecule has 14 heavy (non-hydrogen) atoms. The molecule has 3 heteroatoms. The third kappa shape index (κ3) is 3.12. The second kappa shape index (κ2) is 4.96. The van der Waals surface area contributed by atoms with Gasteiger partial charge < -0.3 is 0 Å². The number of rotatable bonds is 4. The molecule has 0 fully saturated rings. The van der Waals surface area contributed by atoms with E-state index < -0.39 is 0 Å². The van der Waals surface area contributed by atoms with Gasteiger partial charge in [-0.1, -0.05) is 29.8 Å². The van der Waals surface area contributed by atoms with Crippen LogP contribution < -0.4 is 0 Å². The molecule has 0 aromatic carbocycles. The molecule has 0 radical (unpaired) electrons. The minimum Gasteiger partial charge on any atom is -0.270 e. The first-order chi connectivity index (χ1) is 6.50. The van der Waals surface area contributed by atoms with Crippen LogP contribution in [0.5, 0.6) is 0 Å². The van der Waals surface area contributed by atoms with Gasteiger partial charge in [-0.3, -0.25) is 4.68 Å². The van der Waals surface area contributed by atoms with E-state index in [9.17, 15) is 0 Å². The standard InChI is InChI=1S/C11H19BrN2/c1-8(2)14-6-5-11(13-14)7-9(3)10(4)12/h5-6,8-10H,7H2,1-4H3. The van der Waals surface area contributed by atoms with Crippen LogP contribution in [0.4, 0.5) is 0 Å². The summed E-state index contributed by atoms with van der Waals surface area (Å²) < 4.78 is 2.01. The van der Waals surface area contributed by atoms with Crippen molar-refractivity contribution in [2.45, 2.75) is 45.0 Å². The van der Waals surface area contributed by atoms with Gasteiger partial charge in [0.1, 0.15) is 0 Å². The fourth-order valence-corrected chi connectivity index (χ4v) is 1.45. The van der Waals surface area contributed by atoms with Crippen LogP contribution in [0.25, 0.3) is 0 Å². The van der Waals surface area contributed by atoms with Crippen molar-refractivity contribution in [2.24, 2.45) is 5.92 Å². The zero-order chi connectivity index (χ0) is 10.7. The van der Waals surface area contributed by atoms with Crippen molar-refractivity contribution < 1.29 is 0 Å². The minimum atomic E-state index is 0.459. The Morgan fingerprint density at radius 1 is 1.36 bits per heavy atom. The Kier molecular flexibility index (Phi) is 4.17. The molecule has 0 aliphatic heterocycles. The van der Waals surface area contributed by atoms with Gasteiger partial charge in [-0.05, 0) is 32.3 Å². The predicted octanol–water partition coefficient (Wildman–Crippen LogP) is 3.43. The lowest BCUT2D eigenvalue weighted by Gasteiger charge is -2.12. The van der Waals surface area contributed by atoms with Crippen molar-refractivity contribution in [3.05, 3.63) is 18.0 Å². The number of aromatic nitrogens is 2. The molecule has 0 spiro atoms. The van der Waals surface area contributed by atoms with E-state index in [1.54, 1.807) is 0 Å². The highest BCUT2D eigenvalue weighted by atomic mass is 79.9. The lowest BCUT2D eigenvalue weighted by molar-refractivity contribution is 0.511. The van der Waals surface area contributed by atoms with Crippen LogP contribution in [0.15, 0.2) is 12.3 Å². The average Bonchev–Trinajstić information content (AvgIpc) is 2.52. The summed E-state index contributed by atoms with van der Waals surface area (Å²) in [5.41, 5.74) is 1.19. The highest BCUT2D eigenvalue weighted by molar-refractivity contribution is 9.09. The average molecular weight is 259 g/mol. The molecule has 0 saturated carbocycles. The van der Waals surface area contributed by atoms with E-state index in [1.165, 1.54) is 5.69 Å². The molecule has 0 aliphatic carbocycles. The first-order valence-corrected chi connectivity index (χ1v) is 6.10. The highest BCUT2D eigenvalue weighted by Crippen LogP contribution is 2.17. The molecule has 1 rings (SSSR count). The van der Waals surface area contributed by atoms with Gasteiger partial charge in [-0.25, -0.2) is 0 Å². The molecule has 2 atom stereocenters. The van der Waals surface area contributed by atoms with Crippen LogP contribution >= 0.6 is 15.9 Å². The van der Waals surface area contributed by atoms with E-state index in [-0.39, 0.29) is 0 Å². The lowest BCUT2D eigenvalue weighted by Crippen LogP contribution is -2.10. The first-order valence-electron chi connectivity index (χ1n) is 5.18. The van der Waals surface area contributed by atoms with Gasteiger partial charge in [0.25, 0.3) is 0 Å². The fraction of sp³-hybridized carbons (Fsp3) is 0.727. The quantitative estimate of drug-likeness (QED) is 0.757. The first kappa shape index (κ1) is 11.8. The number of hydrogen-bond donors (Lipinski definition) is 0. The highest BCUT2D eigenvalue weighted by Gasteiger charge is 2.11. The van der Waals surface area contributed by atoms with Crippen LogP contribution in [0.2, 0.25) is 0 Å². The molecule has 0 bridgehead atoms. The molecule has 1 aromatic rings. The monoisotopic (exact) mass is 258 g/mol.